The van der Waals surface area contributed by atoms with E-state index in [2.05, 4.69) is 5.32 Å². The molecule has 0 radical (unpaired) electrons. The van der Waals surface area contributed by atoms with Gasteiger partial charge in [0.25, 0.3) is 5.91 Å². The number of aliphatic hydroxyl groups is 1. The van der Waals surface area contributed by atoms with Gasteiger partial charge < -0.3 is 15.2 Å². The van der Waals surface area contributed by atoms with E-state index < -0.39 is 6.10 Å². The molecule has 0 fully saturated rings. The molecule has 26 heavy (non-hydrogen) atoms. The fraction of sp³-hybridized carbons (Fsp3) is 0.136. The van der Waals surface area contributed by atoms with Crippen molar-refractivity contribution in [1.29, 1.82) is 0 Å². The maximum absolute atomic E-state index is 12.3. The summed E-state index contributed by atoms with van der Waals surface area (Å²) in [5.74, 6) is 0.524. The van der Waals surface area contributed by atoms with Gasteiger partial charge in [0, 0.05) is 11.3 Å². The number of nitrogens with one attached hydrogen (secondary N) is 1. The van der Waals surface area contributed by atoms with Gasteiger partial charge in [0.05, 0.1) is 6.10 Å². The van der Waals surface area contributed by atoms with Gasteiger partial charge >= 0.3 is 0 Å². The molecular formula is C22H21NO3. The molecule has 0 heterocycles. The van der Waals surface area contributed by atoms with Crippen LogP contribution >= 0.6 is 0 Å². The molecule has 0 unspecified atom stereocenters. The number of ether oxygens (including phenoxy) is 1. The number of anilines is 1. The number of hydrogen-bond acceptors (Lipinski definition) is 3. The Balaban J connectivity index is 1.58. The molecule has 2 N–H and O–H groups in total. The average molecular weight is 347 g/mol. The van der Waals surface area contributed by atoms with E-state index >= 15 is 0 Å². The fourth-order valence-electron chi connectivity index (χ4n) is 2.49. The van der Waals surface area contributed by atoms with E-state index in [-0.39, 0.29) is 5.91 Å². The standard InChI is InChI=1S/C22H21NO3/c1-16(24)18-7-11-20(12-8-18)23-22(25)19-9-13-21(14-10-19)26-15-17-5-3-2-4-6-17/h2-14,16,24H,15H2,1H3,(H,23,25)/t16-/m0/s1. The minimum atomic E-state index is -0.525. The number of amides is 1. The Kier molecular flexibility index (Phi) is 5.66. The van der Waals surface area contributed by atoms with Crippen molar-refractivity contribution in [3.05, 3.63) is 95.6 Å². The Morgan fingerprint density at radius 2 is 1.62 bits per heavy atom. The van der Waals surface area contributed by atoms with Crippen molar-refractivity contribution in [1.82, 2.24) is 0 Å². The van der Waals surface area contributed by atoms with E-state index in [0.717, 1.165) is 11.1 Å². The van der Waals surface area contributed by atoms with E-state index in [1.165, 1.54) is 0 Å². The first kappa shape index (κ1) is 17.7. The molecule has 3 rings (SSSR count). The summed E-state index contributed by atoms with van der Waals surface area (Å²) < 4.78 is 5.73. The summed E-state index contributed by atoms with van der Waals surface area (Å²) in [6.45, 7) is 2.19. The maximum atomic E-state index is 12.3. The Hall–Kier alpha value is -3.11. The summed E-state index contributed by atoms with van der Waals surface area (Å²) in [6.07, 6.45) is -0.525. The molecule has 0 aliphatic rings. The van der Waals surface area contributed by atoms with Gasteiger partial charge in [-0.15, -0.1) is 0 Å². The smallest absolute Gasteiger partial charge is 0.255 e. The Labute approximate surface area is 153 Å². The van der Waals surface area contributed by atoms with Crippen LogP contribution in [-0.4, -0.2) is 11.0 Å². The first-order chi connectivity index (χ1) is 12.6. The predicted molar refractivity (Wildman–Crippen MR) is 102 cm³/mol. The van der Waals surface area contributed by atoms with Gasteiger partial charge in [0.1, 0.15) is 12.4 Å². The third kappa shape index (κ3) is 4.71. The number of rotatable bonds is 6. The number of carbonyl (C=O) groups excluding carboxylic acids is 1. The van der Waals surface area contributed by atoms with Crippen LogP contribution in [0, 0.1) is 0 Å². The molecule has 0 aromatic heterocycles. The van der Waals surface area contributed by atoms with Gasteiger partial charge in [0.2, 0.25) is 0 Å². The van der Waals surface area contributed by atoms with E-state index in [0.29, 0.717) is 23.6 Å². The molecule has 0 bridgehead atoms. The van der Waals surface area contributed by atoms with Gasteiger partial charge in [0.15, 0.2) is 0 Å². The van der Waals surface area contributed by atoms with Crippen LogP contribution in [0.4, 0.5) is 5.69 Å². The molecular weight excluding hydrogens is 326 g/mol. The SMILES string of the molecule is C[C@H](O)c1ccc(NC(=O)c2ccc(OCc3ccccc3)cc2)cc1. The maximum Gasteiger partial charge on any atom is 0.255 e. The second kappa shape index (κ2) is 8.32. The summed E-state index contributed by atoms with van der Waals surface area (Å²) in [4.78, 5) is 12.3. The van der Waals surface area contributed by atoms with Crippen LogP contribution in [0.1, 0.15) is 34.5 Å². The number of benzene rings is 3. The monoisotopic (exact) mass is 347 g/mol. The first-order valence-electron chi connectivity index (χ1n) is 8.48. The average Bonchev–Trinajstić information content (AvgIpc) is 2.68. The zero-order valence-electron chi connectivity index (χ0n) is 14.6. The predicted octanol–water partition coefficient (Wildman–Crippen LogP) is 4.57. The van der Waals surface area contributed by atoms with Crippen LogP contribution in [0.5, 0.6) is 5.75 Å². The van der Waals surface area contributed by atoms with E-state index in [9.17, 15) is 9.90 Å². The quantitative estimate of drug-likeness (QED) is 0.687. The van der Waals surface area contributed by atoms with Crippen molar-refractivity contribution in [3.63, 3.8) is 0 Å². The van der Waals surface area contributed by atoms with Crippen molar-refractivity contribution >= 4 is 11.6 Å². The van der Waals surface area contributed by atoms with Crippen LogP contribution in [0.25, 0.3) is 0 Å². The molecule has 0 aliphatic heterocycles. The van der Waals surface area contributed by atoms with E-state index in [1.807, 2.05) is 30.3 Å². The molecule has 132 valence electrons. The highest BCUT2D eigenvalue weighted by molar-refractivity contribution is 6.04. The van der Waals surface area contributed by atoms with Crippen molar-refractivity contribution in [2.75, 3.05) is 5.32 Å². The van der Waals surface area contributed by atoms with Crippen LogP contribution in [-0.2, 0) is 6.61 Å². The molecule has 4 heteroatoms. The van der Waals surface area contributed by atoms with Gasteiger partial charge in [-0.1, -0.05) is 42.5 Å². The number of aliphatic hydroxyl groups excluding tert-OH is 1. The highest BCUT2D eigenvalue weighted by Crippen LogP contribution is 2.18. The lowest BCUT2D eigenvalue weighted by atomic mass is 10.1. The van der Waals surface area contributed by atoms with Gasteiger partial charge in [-0.05, 0) is 54.4 Å². The molecule has 0 saturated heterocycles. The van der Waals surface area contributed by atoms with Gasteiger partial charge in [-0.25, -0.2) is 0 Å². The molecule has 0 aliphatic carbocycles. The van der Waals surface area contributed by atoms with Crippen LogP contribution in [0.3, 0.4) is 0 Å². The van der Waals surface area contributed by atoms with Gasteiger partial charge in [-0.3, -0.25) is 4.79 Å². The largest absolute Gasteiger partial charge is 0.489 e. The first-order valence-corrected chi connectivity index (χ1v) is 8.48. The molecule has 1 amide bonds. The lowest BCUT2D eigenvalue weighted by molar-refractivity contribution is 0.102. The number of carbonyl (C=O) groups is 1. The minimum Gasteiger partial charge on any atom is -0.489 e. The third-order valence-electron chi connectivity index (χ3n) is 4.02. The summed E-state index contributed by atoms with van der Waals surface area (Å²) >= 11 is 0. The Morgan fingerprint density at radius 1 is 0.962 bits per heavy atom. The molecule has 1 atom stereocenters. The molecule has 3 aromatic carbocycles. The third-order valence-corrected chi connectivity index (χ3v) is 4.02. The molecule has 3 aromatic rings. The van der Waals surface area contributed by atoms with Crippen molar-refractivity contribution < 1.29 is 14.6 Å². The minimum absolute atomic E-state index is 0.190. The lowest BCUT2D eigenvalue weighted by Crippen LogP contribution is -2.11. The number of hydrogen-bond donors (Lipinski definition) is 2. The summed E-state index contributed by atoms with van der Waals surface area (Å²) in [5, 5.41) is 12.4. The van der Waals surface area contributed by atoms with Crippen molar-refractivity contribution in [2.24, 2.45) is 0 Å². The van der Waals surface area contributed by atoms with Crippen molar-refractivity contribution in [3.8, 4) is 5.75 Å². The topological polar surface area (TPSA) is 58.6 Å². The highest BCUT2D eigenvalue weighted by atomic mass is 16.5. The summed E-state index contributed by atoms with van der Waals surface area (Å²) in [6, 6.07) is 24.1. The summed E-state index contributed by atoms with van der Waals surface area (Å²) in [7, 11) is 0. The van der Waals surface area contributed by atoms with Crippen molar-refractivity contribution in [2.45, 2.75) is 19.6 Å². The van der Waals surface area contributed by atoms with Crippen LogP contribution < -0.4 is 10.1 Å². The normalized spacial score (nSPS) is 11.6. The van der Waals surface area contributed by atoms with E-state index in [1.54, 1.807) is 55.5 Å². The Morgan fingerprint density at radius 3 is 2.23 bits per heavy atom. The Bertz CT molecular complexity index is 841. The zero-order chi connectivity index (χ0) is 18.4. The van der Waals surface area contributed by atoms with E-state index in [4.69, 9.17) is 4.74 Å². The lowest BCUT2D eigenvalue weighted by Gasteiger charge is -2.09. The second-order valence-electron chi connectivity index (χ2n) is 6.05. The molecule has 4 nitrogen and oxygen atoms in total. The highest BCUT2D eigenvalue weighted by Gasteiger charge is 2.07. The molecule has 0 saturated carbocycles. The molecule has 0 spiro atoms. The van der Waals surface area contributed by atoms with Crippen LogP contribution in [0.2, 0.25) is 0 Å². The fourth-order valence-corrected chi connectivity index (χ4v) is 2.49. The zero-order valence-corrected chi connectivity index (χ0v) is 14.6. The summed E-state index contributed by atoms with van der Waals surface area (Å²) in [5.41, 5.74) is 3.14. The van der Waals surface area contributed by atoms with Crippen LogP contribution in [0.15, 0.2) is 78.9 Å². The van der Waals surface area contributed by atoms with Gasteiger partial charge in [-0.2, -0.15) is 0 Å². The second-order valence-corrected chi connectivity index (χ2v) is 6.05.